The SMILES string of the molecule is O=C1COc2ccc(NC(=O)C3(CO)CC3)cc2N1. The van der Waals surface area contributed by atoms with E-state index in [1.807, 2.05) is 0 Å². The topological polar surface area (TPSA) is 87.7 Å². The molecule has 6 nitrogen and oxygen atoms in total. The van der Waals surface area contributed by atoms with E-state index in [1.54, 1.807) is 18.2 Å². The van der Waals surface area contributed by atoms with E-state index in [0.717, 1.165) is 0 Å². The minimum Gasteiger partial charge on any atom is -0.482 e. The molecule has 0 spiro atoms. The lowest BCUT2D eigenvalue weighted by molar-refractivity contribution is -0.122. The molecule has 19 heavy (non-hydrogen) atoms. The maximum atomic E-state index is 12.0. The summed E-state index contributed by atoms with van der Waals surface area (Å²) in [4.78, 5) is 23.2. The van der Waals surface area contributed by atoms with Gasteiger partial charge in [-0.25, -0.2) is 0 Å². The van der Waals surface area contributed by atoms with E-state index >= 15 is 0 Å². The number of carbonyl (C=O) groups is 2. The van der Waals surface area contributed by atoms with Gasteiger partial charge in [0.2, 0.25) is 5.91 Å². The number of aliphatic hydroxyl groups is 1. The maximum Gasteiger partial charge on any atom is 0.262 e. The summed E-state index contributed by atoms with van der Waals surface area (Å²) in [5.74, 6) is 0.184. The van der Waals surface area contributed by atoms with E-state index in [2.05, 4.69) is 10.6 Å². The van der Waals surface area contributed by atoms with Crippen molar-refractivity contribution in [3.8, 4) is 5.75 Å². The average molecular weight is 262 g/mol. The van der Waals surface area contributed by atoms with E-state index in [-0.39, 0.29) is 25.0 Å². The predicted molar refractivity (Wildman–Crippen MR) is 67.9 cm³/mol. The van der Waals surface area contributed by atoms with Gasteiger partial charge in [0.05, 0.1) is 17.7 Å². The van der Waals surface area contributed by atoms with Crippen LogP contribution in [0.2, 0.25) is 0 Å². The molecule has 1 saturated carbocycles. The van der Waals surface area contributed by atoms with Crippen LogP contribution in [0.5, 0.6) is 5.75 Å². The molecule has 2 amide bonds. The number of amides is 2. The molecule has 1 aromatic rings. The highest BCUT2D eigenvalue weighted by molar-refractivity contribution is 5.99. The Morgan fingerprint density at radius 1 is 1.47 bits per heavy atom. The molecule has 6 heteroatoms. The highest BCUT2D eigenvalue weighted by atomic mass is 16.5. The van der Waals surface area contributed by atoms with Gasteiger partial charge in [-0.1, -0.05) is 0 Å². The maximum absolute atomic E-state index is 12.0. The van der Waals surface area contributed by atoms with Crippen molar-refractivity contribution in [2.75, 3.05) is 23.8 Å². The first-order valence-corrected chi connectivity index (χ1v) is 6.12. The summed E-state index contributed by atoms with van der Waals surface area (Å²) in [5, 5.41) is 14.6. The van der Waals surface area contributed by atoms with Crippen LogP contribution in [0.3, 0.4) is 0 Å². The Balaban J connectivity index is 1.77. The summed E-state index contributed by atoms with van der Waals surface area (Å²) in [5.41, 5.74) is 0.507. The summed E-state index contributed by atoms with van der Waals surface area (Å²) in [7, 11) is 0. The number of hydrogen-bond acceptors (Lipinski definition) is 4. The lowest BCUT2D eigenvalue weighted by Crippen LogP contribution is -2.28. The summed E-state index contributed by atoms with van der Waals surface area (Å²) in [6.45, 7) is -0.129. The first kappa shape index (κ1) is 12.0. The van der Waals surface area contributed by atoms with Gasteiger partial charge < -0.3 is 20.5 Å². The number of fused-ring (bicyclic) bond motifs is 1. The third-order valence-electron chi connectivity index (χ3n) is 3.51. The molecule has 0 radical (unpaired) electrons. The van der Waals surface area contributed by atoms with Crippen LogP contribution in [0.15, 0.2) is 18.2 Å². The Labute approximate surface area is 109 Å². The van der Waals surface area contributed by atoms with E-state index in [4.69, 9.17) is 4.74 Å². The second-order valence-corrected chi connectivity index (χ2v) is 4.94. The molecular weight excluding hydrogens is 248 g/mol. The largest absolute Gasteiger partial charge is 0.482 e. The monoisotopic (exact) mass is 262 g/mol. The number of benzene rings is 1. The molecule has 2 aliphatic rings. The highest BCUT2D eigenvalue weighted by Gasteiger charge is 2.49. The van der Waals surface area contributed by atoms with Crippen molar-refractivity contribution in [1.29, 1.82) is 0 Å². The summed E-state index contributed by atoms with van der Waals surface area (Å²) >= 11 is 0. The van der Waals surface area contributed by atoms with Crippen LogP contribution < -0.4 is 15.4 Å². The lowest BCUT2D eigenvalue weighted by Gasteiger charge is -2.19. The average Bonchev–Trinajstić information content (AvgIpc) is 3.19. The Bertz CT molecular complexity index is 552. The predicted octanol–water partition coefficient (Wildman–Crippen LogP) is 0.728. The number of nitrogens with one attached hydrogen (secondary N) is 2. The van der Waals surface area contributed by atoms with Gasteiger partial charge in [0, 0.05) is 5.69 Å². The molecule has 0 aromatic heterocycles. The number of rotatable bonds is 3. The van der Waals surface area contributed by atoms with Crippen molar-refractivity contribution in [1.82, 2.24) is 0 Å². The zero-order valence-corrected chi connectivity index (χ0v) is 10.2. The molecular formula is C13H14N2O4. The van der Waals surface area contributed by atoms with Crippen molar-refractivity contribution in [2.45, 2.75) is 12.8 Å². The third kappa shape index (κ3) is 2.15. The highest BCUT2D eigenvalue weighted by Crippen LogP contribution is 2.46. The Morgan fingerprint density at radius 2 is 2.26 bits per heavy atom. The summed E-state index contributed by atoms with van der Waals surface area (Å²) in [6, 6.07) is 5.06. The number of carbonyl (C=O) groups excluding carboxylic acids is 2. The van der Waals surface area contributed by atoms with E-state index < -0.39 is 5.41 Å². The molecule has 1 aliphatic carbocycles. The molecule has 1 aromatic carbocycles. The zero-order chi connectivity index (χ0) is 13.5. The van der Waals surface area contributed by atoms with Gasteiger partial charge >= 0.3 is 0 Å². The summed E-state index contributed by atoms with van der Waals surface area (Å²) in [6.07, 6.45) is 1.42. The van der Waals surface area contributed by atoms with Crippen molar-refractivity contribution in [3.63, 3.8) is 0 Å². The van der Waals surface area contributed by atoms with Crippen molar-refractivity contribution in [2.24, 2.45) is 5.41 Å². The molecule has 0 unspecified atom stereocenters. The normalized spacial score (nSPS) is 18.9. The van der Waals surface area contributed by atoms with E-state index in [1.165, 1.54) is 0 Å². The Morgan fingerprint density at radius 3 is 2.95 bits per heavy atom. The third-order valence-corrected chi connectivity index (χ3v) is 3.51. The second-order valence-electron chi connectivity index (χ2n) is 4.94. The van der Waals surface area contributed by atoms with Crippen LogP contribution in [0.4, 0.5) is 11.4 Å². The van der Waals surface area contributed by atoms with E-state index in [0.29, 0.717) is 30.0 Å². The van der Waals surface area contributed by atoms with Gasteiger partial charge in [0.1, 0.15) is 5.75 Å². The Hall–Kier alpha value is -2.08. The quantitative estimate of drug-likeness (QED) is 0.749. The van der Waals surface area contributed by atoms with Crippen LogP contribution in [-0.2, 0) is 9.59 Å². The smallest absolute Gasteiger partial charge is 0.262 e. The van der Waals surface area contributed by atoms with Gasteiger partial charge in [0.15, 0.2) is 6.61 Å². The standard InChI is InChI=1S/C13H14N2O4/c16-7-13(3-4-13)12(18)14-8-1-2-10-9(5-8)15-11(17)6-19-10/h1-2,5,16H,3-4,6-7H2,(H,14,18)(H,15,17). The molecule has 1 heterocycles. The van der Waals surface area contributed by atoms with Crippen LogP contribution in [-0.4, -0.2) is 30.1 Å². The van der Waals surface area contributed by atoms with E-state index in [9.17, 15) is 14.7 Å². The second kappa shape index (κ2) is 4.24. The first-order valence-electron chi connectivity index (χ1n) is 6.12. The number of ether oxygens (including phenoxy) is 1. The lowest BCUT2D eigenvalue weighted by atomic mass is 10.1. The molecule has 0 saturated heterocycles. The molecule has 0 atom stereocenters. The fourth-order valence-corrected chi connectivity index (χ4v) is 2.03. The molecule has 3 rings (SSSR count). The molecule has 1 aliphatic heterocycles. The number of aliphatic hydroxyl groups excluding tert-OH is 1. The number of anilines is 2. The molecule has 1 fully saturated rings. The van der Waals surface area contributed by atoms with Crippen LogP contribution in [0, 0.1) is 5.41 Å². The fraction of sp³-hybridized carbons (Fsp3) is 0.385. The van der Waals surface area contributed by atoms with Crippen LogP contribution in [0.25, 0.3) is 0 Å². The van der Waals surface area contributed by atoms with Crippen molar-refractivity contribution in [3.05, 3.63) is 18.2 Å². The Kier molecular flexibility index (Phi) is 2.67. The summed E-state index contributed by atoms with van der Waals surface area (Å²) < 4.78 is 5.23. The minimum atomic E-state index is -0.615. The molecule has 0 bridgehead atoms. The van der Waals surface area contributed by atoms with Crippen LogP contribution in [0.1, 0.15) is 12.8 Å². The minimum absolute atomic E-state index is 0.00628. The molecule has 100 valence electrons. The fourth-order valence-electron chi connectivity index (χ4n) is 2.03. The van der Waals surface area contributed by atoms with Gasteiger partial charge in [-0.3, -0.25) is 9.59 Å². The molecule has 3 N–H and O–H groups in total. The van der Waals surface area contributed by atoms with Crippen molar-refractivity contribution >= 4 is 23.2 Å². The van der Waals surface area contributed by atoms with Crippen LogP contribution >= 0.6 is 0 Å². The van der Waals surface area contributed by atoms with Gasteiger partial charge in [-0.2, -0.15) is 0 Å². The van der Waals surface area contributed by atoms with Gasteiger partial charge in [0.25, 0.3) is 5.91 Å². The van der Waals surface area contributed by atoms with Gasteiger partial charge in [-0.15, -0.1) is 0 Å². The van der Waals surface area contributed by atoms with Gasteiger partial charge in [-0.05, 0) is 31.0 Å². The zero-order valence-electron chi connectivity index (χ0n) is 10.2. The number of hydrogen-bond donors (Lipinski definition) is 3. The first-order chi connectivity index (χ1) is 9.13. The van der Waals surface area contributed by atoms with Crippen molar-refractivity contribution < 1.29 is 19.4 Å².